The molecule has 1 aromatic carbocycles. The largest absolute Gasteiger partial charge is 1.00 e. The minimum Gasteiger partial charge on any atom is -0.869 e. The van der Waals surface area contributed by atoms with Crippen LogP contribution < -0.4 is 45.5 Å². The van der Waals surface area contributed by atoms with Gasteiger partial charge in [0.25, 0.3) is 0 Å². The van der Waals surface area contributed by atoms with Crippen LogP contribution in [-0.4, -0.2) is 21.4 Å². The zero-order valence-electron chi connectivity index (χ0n) is 17.0. The maximum Gasteiger partial charge on any atom is 1.00 e. The number of pyridine rings is 2. The summed E-state index contributed by atoms with van der Waals surface area (Å²) >= 11 is 0. The van der Waals surface area contributed by atoms with Crippen LogP contribution in [0.2, 0.25) is 0 Å². The predicted octanol–water partition coefficient (Wildman–Crippen LogP) is -0.324. The molecule has 0 saturated heterocycles. The zero-order chi connectivity index (χ0) is 22.3. The van der Waals surface area contributed by atoms with Crippen LogP contribution in [-0.2, 0) is 5.54 Å². The van der Waals surface area contributed by atoms with E-state index in [1.165, 1.54) is 36.5 Å². The smallest absolute Gasteiger partial charge is 0.869 e. The van der Waals surface area contributed by atoms with Gasteiger partial charge in [0.2, 0.25) is 11.5 Å². The van der Waals surface area contributed by atoms with Crippen LogP contribution in [0, 0.1) is 11.8 Å². The fourth-order valence-electron chi connectivity index (χ4n) is 3.73. The molecule has 4 rings (SSSR count). The van der Waals surface area contributed by atoms with Crippen LogP contribution in [0.3, 0.4) is 0 Å². The van der Waals surface area contributed by atoms with Gasteiger partial charge in [0.1, 0.15) is 17.2 Å². The number of hydrogen-bond donors (Lipinski definition) is 1. The van der Waals surface area contributed by atoms with E-state index in [0.29, 0.717) is 11.1 Å². The van der Waals surface area contributed by atoms with E-state index in [-0.39, 0.29) is 45.5 Å². The van der Waals surface area contributed by atoms with Gasteiger partial charge in [-0.1, -0.05) is 24.3 Å². The molecule has 160 valence electrons. The van der Waals surface area contributed by atoms with Crippen molar-refractivity contribution in [2.75, 3.05) is 0 Å². The molecule has 3 aromatic rings. The number of alkyl halides is 2. The molecule has 1 aliphatic rings. The number of benzene rings is 1. The Bertz CT molecular complexity index is 1170. The zero-order valence-corrected chi connectivity index (χ0v) is 19.0. The quantitative estimate of drug-likeness (QED) is 0.333. The summed E-state index contributed by atoms with van der Waals surface area (Å²) in [5, 5.41) is 15.1. The molecule has 6 nitrogen and oxygen atoms in total. The van der Waals surface area contributed by atoms with Crippen molar-refractivity contribution in [3.05, 3.63) is 93.7 Å². The van der Waals surface area contributed by atoms with Gasteiger partial charge in [0.05, 0.1) is 6.04 Å². The molecular formula is C21H15F4N4NaO2. The van der Waals surface area contributed by atoms with E-state index in [2.05, 4.69) is 15.3 Å². The molecule has 3 heterocycles. The second-order valence-corrected chi connectivity index (χ2v) is 7.05. The number of amidine groups is 1. The van der Waals surface area contributed by atoms with Crippen LogP contribution >= 0.6 is 0 Å². The Morgan fingerprint density at radius 1 is 1.12 bits per heavy atom. The number of rotatable bonds is 4. The van der Waals surface area contributed by atoms with Crippen molar-refractivity contribution in [1.82, 2.24) is 14.9 Å². The molecule has 0 bridgehead atoms. The molecule has 2 atom stereocenters. The minimum absolute atomic E-state index is 0. The standard InChI is InChI=1S/C21H16F4N4O2.Na/c1-11-21(13-2-5-15(22)6-3-13,14-4-7-17(23)26-9-14)28-18(27-11)12-8-16(30)19(31)29(10-12)20(24)25;/h2-11,20,30H,1H3,(H,27,28);/q;+1/p-1/t11-,21-;/m0./s1. The third-order valence-electron chi connectivity index (χ3n) is 5.24. The molecule has 0 unspecified atom stereocenters. The molecule has 0 aliphatic carbocycles. The SMILES string of the molecule is C[C@@H]1N=C(c2cc([O-])c(=O)n(C(F)F)c2)N[C@@]1(c1ccc(F)cc1)c1ccc(F)nc1.[Na+]. The first-order valence-corrected chi connectivity index (χ1v) is 9.18. The maximum atomic E-state index is 13.5. The summed E-state index contributed by atoms with van der Waals surface area (Å²) < 4.78 is 53.4. The van der Waals surface area contributed by atoms with Crippen molar-refractivity contribution in [3.8, 4) is 5.75 Å². The van der Waals surface area contributed by atoms with Gasteiger partial charge in [-0.3, -0.25) is 14.4 Å². The Morgan fingerprint density at radius 2 is 1.78 bits per heavy atom. The van der Waals surface area contributed by atoms with Gasteiger partial charge in [-0.25, -0.2) is 9.37 Å². The van der Waals surface area contributed by atoms with Crippen LogP contribution in [0.1, 0.15) is 30.2 Å². The number of aromatic nitrogens is 2. The summed E-state index contributed by atoms with van der Waals surface area (Å²) in [7, 11) is 0. The molecule has 0 radical (unpaired) electrons. The van der Waals surface area contributed by atoms with Gasteiger partial charge < -0.3 is 10.4 Å². The van der Waals surface area contributed by atoms with Crippen molar-refractivity contribution in [3.63, 3.8) is 0 Å². The second-order valence-electron chi connectivity index (χ2n) is 7.05. The van der Waals surface area contributed by atoms with E-state index >= 15 is 0 Å². The third kappa shape index (κ3) is 4.05. The molecular weight excluding hydrogens is 439 g/mol. The number of halogens is 4. The first kappa shape index (κ1) is 24.0. The number of aliphatic imine (C=N–C) groups is 1. The molecule has 32 heavy (non-hydrogen) atoms. The van der Waals surface area contributed by atoms with E-state index in [9.17, 15) is 27.5 Å². The van der Waals surface area contributed by atoms with Crippen LogP contribution in [0.4, 0.5) is 17.6 Å². The van der Waals surface area contributed by atoms with Crippen LogP contribution in [0.25, 0.3) is 0 Å². The van der Waals surface area contributed by atoms with Crippen molar-refractivity contribution < 1.29 is 52.2 Å². The van der Waals surface area contributed by atoms with Gasteiger partial charge in [-0.2, -0.15) is 13.2 Å². The van der Waals surface area contributed by atoms with E-state index in [0.717, 1.165) is 18.3 Å². The van der Waals surface area contributed by atoms with Crippen LogP contribution in [0.5, 0.6) is 5.75 Å². The fraction of sp³-hybridized carbons (Fsp3) is 0.190. The minimum atomic E-state index is -3.21. The van der Waals surface area contributed by atoms with E-state index in [1.807, 2.05) is 0 Å². The molecule has 0 amide bonds. The first-order valence-electron chi connectivity index (χ1n) is 9.18. The summed E-state index contributed by atoms with van der Waals surface area (Å²) in [5.41, 5.74) is -1.48. The topological polar surface area (TPSA) is 82.3 Å². The summed E-state index contributed by atoms with van der Waals surface area (Å²) in [6.45, 7) is -1.49. The molecule has 1 N–H and O–H groups in total. The molecule has 0 saturated carbocycles. The molecule has 0 spiro atoms. The molecule has 11 heteroatoms. The molecule has 0 fully saturated rings. The van der Waals surface area contributed by atoms with Crippen molar-refractivity contribution in [2.45, 2.75) is 25.1 Å². The van der Waals surface area contributed by atoms with Gasteiger partial charge in [-0.05, 0) is 36.4 Å². The first-order chi connectivity index (χ1) is 14.7. The normalized spacial score (nSPS) is 19.9. The van der Waals surface area contributed by atoms with Gasteiger partial charge in [-0.15, -0.1) is 0 Å². The Balaban J connectivity index is 0.00000289. The van der Waals surface area contributed by atoms with E-state index < -0.39 is 41.2 Å². The monoisotopic (exact) mass is 454 g/mol. The fourth-order valence-corrected chi connectivity index (χ4v) is 3.73. The van der Waals surface area contributed by atoms with E-state index in [1.54, 1.807) is 6.92 Å². The Morgan fingerprint density at radius 3 is 2.38 bits per heavy atom. The Hall–Kier alpha value is -2.69. The van der Waals surface area contributed by atoms with Gasteiger partial charge in [0.15, 0.2) is 0 Å². The number of nitrogens with zero attached hydrogens (tertiary/aromatic N) is 3. The van der Waals surface area contributed by atoms with Crippen molar-refractivity contribution in [2.24, 2.45) is 4.99 Å². The van der Waals surface area contributed by atoms with Crippen LogP contribution in [0.15, 0.2) is 64.6 Å². The van der Waals surface area contributed by atoms with Gasteiger partial charge >= 0.3 is 36.1 Å². The predicted molar refractivity (Wildman–Crippen MR) is 102 cm³/mol. The van der Waals surface area contributed by atoms with Crippen molar-refractivity contribution >= 4 is 5.84 Å². The van der Waals surface area contributed by atoms with Gasteiger partial charge in [0, 0.05) is 23.5 Å². The van der Waals surface area contributed by atoms with Crippen molar-refractivity contribution in [1.29, 1.82) is 0 Å². The molecule has 2 aromatic heterocycles. The number of nitrogens with one attached hydrogen (secondary N) is 1. The van der Waals surface area contributed by atoms with E-state index in [4.69, 9.17) is 0 Å². The Kier molecular flexibility index (Phi) is 6.77. The Labute approximate surface area is 201 Å². The second kappa shape index (κ2) is 9.05. The summed E-state index contributed by atoms with van der Waals surface area (Å²) in [5.74, 6) is -2.21. The average molecular weight is 454 g/mol. The summed E-state index contributed by atoms with van der Waals surface area (Å²) in [6, 6.07) is 8.47. The molecule has 1 aliphatic heterocycles. The average Bonchev–Trinajstić information content (AvgIpc) is 3.09. The third-order valence-corrected chi connectivity index (χ3v) is 5.24. The number of hydrogen-bond acceptors (Lipinski definition) is 5. The maximum absolute atomic E-state index is 13.5. The summed E-state index contributed by atoms with van der Waals surface area (Å²) in [6.07, 6.45) is 2.14. The summed E-state index contributed by atoms with van der Waals surface area (Å²) in [4.78, 5) is 19.9.